The zero-order valence-electron chi connectivity index (χ0n) is 10.5. The predicted molar refractivity (Wildman–Crippen MR) is 64.3 cm³/mol. The Kier molecular flexibility index (Phi) is 4.22. The van der Waals surface area contributed by atoms with E-state index in [1.54, 1.807) is 0 Å². The van der Waals surface area contributed by atoms with Gasteiger partial charge in [-0.1, -0.05) is 45.3 Å². The van der Waals surface area contributed by atoms with Crippen LogP contribution in [0.3, 0.4) is 0 Å². The van der Waals surface area contributed by atoms with Crippen molar-refractivity contribution in [2.45, 2.75) is 53.9 Å². The lowest BCUT2D eigenvalue weighted by atomic mass is 9.58. The van der Waals surface area contributed by atoms with Gasteiger partial charge in [0.25, 0.3) is 0 Å². The first-order valence-electron chi connectivity index (χ1n) is 6.25. The molecule has 4 unspecified atom stereocenters. The summed E-state index contributed by atoms with van der Waals surface area (Å²) < 4.78 is 0. The van der Waals surface area contributed by atoms with Gasteiger partial charge in [-0.15, -0.1) is 0 Å². The Hall–Kier alpha value is -0.260. The van der Waals surface area contributed by atoms with Gasteiger partial charge >= 0.3 is 0 Å². The second-order valence-corrected chi connectivity index (χ2v) is 5.27. The van der Waals surface area contributed by atoms with Gasteiger partial charge in [-0.25, -0.2) is 0 Å². The van der Waals surface area contributed by atoms with Gasteiger partial charge in [0.1, 0.15) is 0 Å². The van der Waals surface area contributed by atoms with Gasteiger partial charge in [-0.05, 0) is 43.9 Å². The van der Waals surface area contributed by atoms with E-state index in [-0.39, 0.29) is 0 Å². The van der Waals surface area contributed by atoms with Crippen molar-refractivity contribution in [3.8, 4) is 0 Å². The molecule has 0 heterocycles. The summed E-state index contributed by atoms with van der Waals surface area (Å²) in [7, 11) is 0. The van der Waals surface area contributed by atoms with Crippen LogP contribution in [0.15, 0.2) is 11.6 Å². The van der Waals surface area contributed by atoms with Gasteiger partial charge in [0.2, 0.25) is 0 Å². The fourth-order valence-corrected chi connectivity index (χ4v) is 2.97. The Balaban J connectivity index is 2.52. The minimum Gasteiger partial charge on any atom is -0.0825 e. The molecule has 0 nitrogen and oxygen atoms in total. The van der Waals surface area contributed by atoms with Crippen LogP contribution in [-0.2, 0) is 0 Å². The van der Waals surface area contributed by atoms with Gasteiger partial charge in [0.15, 0.2) is 0 Å². The van der Waals surface area contributed by atoms with Crippen molar-refractivity contribution in [3.05, 3.63) is 11.6 Å². The molecule has 0 N–H and O–H groups in total. The first-order chi connectivity index (χ1) is 6.60. The van der Waals surface area contributed by atoms with E-state index in [2.05, 4.69) is 40.7 Å². The standard InChI is InChI=1S/C14H26/c1-6-11(5)14-9-12(8-10(3)4)13(14)7-2/h8,11-14H,6-7,9H2,1-5H3. The fourth-order valence-electron chi connectivity index (χ4n) is 2.97. The van der Waals surface area contributed by atoms with E-state index in [4.69, 9.17) is 0 Å². The Bertz CT molecular complexity index is 198. The molecule has 1 rings (SSSR count). The van der Waals surface area contributed by atoms with Crippen molar-refractivity contribution >= 4 is 0 Å². The van der Waals surface area contributed by atoms with Gasteiger partial charge in [-0.2, -0.15) is 0 Å². The molecule has 0 aromatic heterocycles. The predicted octanol–water partition coefficient (Wildman–Crippen LogP) is 4.66. The summed E-state index contributed by atoms with van der Waals surface area (Å²) in [5, 5.41) is 0. The van der Waals surface area contributed by atoms with E-state index in [1.165, 1.54) is 24.8 Å². The molecule has 0 aromatic carbocycles. The lowest BCUT2D eigenvalue weighted by Crippen LogP contribution is -2.39. The summed E-state index contributed by atoms with van der Waals surface area (Å²) in [6.45, 7) is 11.6. The maximum absolute atomic E-state index is 2.49. The van der Waals surface area contributed by atoms with E-state index in [0.29, 0.717) is 0 Å². The molecule has 1 fully saturated rings. The summed E-state index contributed by atoms with van der Waals surface area (Å²) in [4.78, 5) is 0. The highest BCUT2D eigenvalue weighted by molar-refractivity contribution is 5.06. The minimum atomic E-state index is 0.893. The monoisotopic (exact) mass is 194 g/mol. The molecule has 82 valence electrons. The van der Waals surface area contributed by atoms with E-state index in [0.717, 1.165) is 23.7 Å². The second-order valence-electron chi connectivity index (χ2n) is 5.27. The Labute approximate surface area is 89.8 Å². The van der Waals surface area contributed by atoms with Gasteiger partial charge in [-0.3, -0.25) is 0 Å². The third-order valence-corrected chi connectivity index (χ3v) is 4.04. The van der Waals surface area contributed by atoms with Crippen LogP contribution in [0.5, 0.6) is 0 Å². The first kappa shape index (κ1) is 11.8. The highest BCUT2D eigenvalue weighted by Gasteiger charge is 2.40. The maximum Gasteiger partial charge on any atom is -0.0197 e. The van der Waals surface area contributed by atoms with Crippen LogP contribution >= 0.6 is 0 Å². The van der Waals surface area contributed by atoms with Crippen LogP contribution in [0.4, 0.5) is 0 Å². The summed E-state index contributed by atoms with van der Waals surface area (Å²) in [6.07, 6.45) is 6.65. The molecule has 0 heteroatoms. The lowest BCUT2D eigenvalue weighted by molar-refractivity contribution is 0.0534. The molecule has 0 radical (unpaired) electrons. The van der Waals surface area contributed by atoms with Crippen LogP contribution < -0.4 is 0 Å². The molecule has 14 heavy (non-hydrogen) atoms. The summed E-state index contributed by atoms with van der Waals surface area (Å²) in [5.74, 6) is 3.80. The molecule has 1 aliphatic rings. The van der Waals surface area contributed by atoms with E-state index in [1.807, 2.05) is 0 Å². The second kappa shape index (κ2) is 5.00. The third kappa shape index (κ3) is 2.40. The molecule has 1 aliphatic carbocycles. The molecule has 0 spiro atoms. The zero-order valence-corrected chi connectivity index (χ0v) is 10.5. The Morgan fingerprint density at radius 3 is 2.43 bits per heavy atom. The van der Waals surface area contributed by atoms with Crippen LogP contribution in [-0.4, -0.2) is 0 Å². The van der Waals surface area contributed by atoms with Crippen LogP contribution in [0.2, 0.25) is 0 Å². The van der Waals surface area contributed by atoms with Crippen molar-refractivity contribution in [2.24, 2.45) is 23.7 Å². The topological polar surface area (TPSA) is 0 Å². The summed E-state index contributed by atoms with van der Waals surface area (Å²) in [5.41, 5.74) is 1.50. The molecule has 0 saturated heterocycles. The number of hydrogen-bond donors (Lipinski definition) is 0. The Morgan fingerprint density at radius 1 is 1.36 bits per heavy atom. The molecule has 1 saturated carbocycles. The van der Waals surface area contributed by atoms with Gasteiger partial charge in [0.05, 0.1) is 0 Å². The molecule has 4 atom stereocenters. The van der Waals surface area contributed by atoms with Crippen LogP contribution in [0.25, 0.3) is 0 Å². The molecule has 0 amide bonds. The molecular weight excluding hydrogens is 168 g/mol. The minimum absolute atomic E-state index is 0.893. The number of allylic oxidation sites excluding steroid dienone is 2. The quantitative estimate of drug-likeness (QED) is 0.571. The van der Waals surface area contributed by atoms with E-state index < -0.39 is 0 Å². The summed E-state index contributed by atoms with van der Waals surface area (Å²) >= 11 is 0. The molecule has 0 aliphatic heterocycles. The number of hydrogen-bond acceptors (Lipinski definition) is 0. The van der Waals surface area contributed by atoms with Gasteiger partial charge < -0.3 is 0 Å². The zero-order chi connectivity index (χ0) is 10.7. The molecule has 0 bridgehead atoms. The summed E-state index contributed by atoms with van der Waals surface area (Å²) in [6, 6.07) is 0. The van der Waals surface area contributed by atoms with Crippen molar-refractivity contribution < 1.29 is 0 Å². The molecular formula is C14H26. The smallest absolute Gasteiger partial charge is 0.0197 e. The highest BCUT2D eigenvalue weighted by Crippen LogP contribution is 2.48. The van der Waals surface area contributed by atoms with Crippen molar-refractivity contribution in [3.63, 3.8) is 0 Å². The largest absolute Gasteiger partial charge is 0.0825 e. The van der Waals surface area contributed by atoms with E-state index in [9.17, 15) is 0 Å². The lowest BCUT2D eigenvalue weighted by Gasteiger charge is -2.46. The number of rotatable bonds is 4. The average Bonchev–Trinajstić information content (AvgIpc) is 2.11. The average molecular weight is 194 g/mol. The van der Waals surface area contributed by atoms with E-state index >= 15 is 0 Å². The third-order valence-electron chi connectivity index (χ3n) is 4.04. The van der Waals surface area contributed by atoms with Gasteiger partial charge in [0, 0.05) is 0 Å². The normalized spacial score (nSPS) is 33.4. The van der Waals surface area contributed by atoms with Crippen LogP contribution in [0.1, 0.15) is 53.9 Å². The first-order valence-corrected chi connectivity index (χ1v) is 6.25. The maximum atomic E-state index is 2.49. The highest BCUT2D eigenvalue weighted by atomic mass is 14.4. The molecule has 0 aromatic rings. The van der Waals surface area contributed by atoms with Crippen molar-refractivity contribution in [1.29, 1.82) is 0 Å². The van der Waals surface area contributed by atoms with Crippen LogP contribution in [0, 0.1) is 23.7 Å². The fraction of sp³-hybridized carbons (Fsp3) is 0.857. The van der Waals surface area contributed by atoms with Crippen molar-refractivity contribution in [2.75, 3.05) is 0 Å². The SMILES string of the molecule is CCC(C)C1CC(C=C(C)C)C1CC. The van der Waals surface area contributed by atoms with Crippen molar-refractivity contribution in [1.82, 2.24) is 0 Å². The Morgan fingerprint density at radius 2 is 2.00 bits per heavy atom.